The fourth-order valence-corrected chi connectivity index (χ4v) is 6.69. The number of hydrogen-bond acceptors (Lipinski definition) is 4. The first-order valence-corrected chi connectivity index (χ1v) is 12.9. The van der Waals surface area contributed by atoms with Gasteiger partial charge in [-0.15, -0.1) is 0 Å². The summed E-state index contributed by atoms with van der Waals surface area (Å²) in [6.45, 7) is 12.6. The summed E-state index contributed by atoms with van der Waals surface area (Å²) in [5.41, 5.74) is 0.748. The Morgan fingerprint density at radius 2 is 1.94 bits per heavy atom. The van der Waals surface area contributed by atoms with E-state index in [1.807, 2.05) is 12.1 Å². The minimum Gasteiger partial charge on any atom is -0.404 e. The third-order valence-electron chi connectivity index (χ3n) is 8.39. The van der Waals surface area contributed by atoms with Crippen molar-refractivity contribution in [1.82, 2.24) is 10.6 Å². The van der Waals surface area contributed by atoms with Crippen molar-refractivity contribution in [1.29, 1.82) is 0 Å². The zero-order valence-electron chi connectivity index (χ0n) is 21.2. The van der Waals surface area contributed by atoms with Gasteiger partial charge in [0.1, 0.15) is 0 Å². The lowest BCUT2D eigenvalue weighted by molar-refractivity contribution is -0.199. The van der Waals surface area contributed by atoms with Crippen LogP contribution in [0, 0.1) is 23.2 Å². The van der Waals surface area contributed by atoms with Crippen LogP contribution in [0.5, 0.6) is 0 Å². The summed E-state index contributed by atoms with van der Waals surface area (Å²) in [6, 6.07) is 6.78. The van der Waals surface area contributed by atoms with Gasteiger partial charge in [0, 0.05) is 11.9 Å². The molecule has 8 heteroatoms. The molecule has 1 aromatic carbocycles. The molecule has 186 valence electrons. The monoisotopic (exact) mass is 488 g/mol. The fraction of sp³-hybridized carbons (Fsp3) is 0.692. The summed E-state index contributed by atoms with van der Waals surface area (Å²) in [5, 5.41) is 6.63. The highest BCUT2D eigenvalue weighted by atomic mass is 35.5. The van der Waals surface area contributed by atoms with Gasteiger partial charge in [-0.3, -0.25) is 9.59 Å². The predicted octanol–water partition coefficient (Wildman–Crippen LogP) is 4.71. The molecule has 6 nitrogen and oxygen atoms in total. The van der Waals surface area contributed by atoms with Crippen molar-refractivity contribution in [3.63, 3.8) is 0 Å². The minimum absolute atomic E-state index is 0.0689. The molecule has 0 spiro atoms. The average molecular weight is 489 g/mol. The Morgan fingerprint density at radius 3 is 2.56 bits per heavy atom. The number of amides is 2. The van der Waals surface area contributed by atoms with Crippen LogP contribution in [0.4, 0.5) is 0 Å². The van der Waals surface area contributed by atoms with Crippen molar-refractivity contribution in [3.05, 3.63) is 34.9 Å². The molecule has 4 aliphatic rings. The summed E-state index contributed by atoms with van der Waals surface area (Å²) in [4.78, 5) is 25.0. The maximum absolute atomic E-state index is 13.2. The van der Waals surface area contributed by atoms with Crippen LogP contribution in [0.25, 0.3) is 0 Å². The molecule has 3 saturated carbocycles. The summed E-state index contributed by atoms with van der Waals surface area (Å²) in [5.74, 6) is 0.895. The van der Waals surface area contributed by atoms with E-state index in [4.69, 9.17) is 20.9 Å². The Labute approximate surface area is 209 Å². The quantitative estimate of drug-likeness (QED) is 0.520. The van der Waals surface area contributed by atoms with Gasteiger partial charge in [0.15, 0.2) is 0 Å². The van der Waals surface area contributed by atoms with Crippen molar-refractivity contribution < 1.29 is 18.9 Å². The summed E-state index contributed by atoms with van der Waals surface area (Å²) in [6.07, 6.45) is 3.13. The Morgan fingerprint density at radius 1 is 1.21 bits per heavy atom. The molecule has 2 bridgehead atoms. The molecule has 1 unspecified atom stereocenters. The number of nitrogens with one attached hydrogen (secondary N) is 2. The first kappa shape index (κ1) is 25.5. The van der Waals surface area contributed by atoms with Crippen LogP contribution >= 0.6 is 11.6 Å². The van der Waals surface area contributed by atoms with E-state index in [0.29, 0.717) is 22.8 Å². The number of carbonyl (C=O) groups excluding carboxylic acids is 2. The Bertz CT molecular complexity index is 941. The zero-order valence-corrected chi connectivity index (χ0v) is 21.9. The van der Waals surface area contributed by atoms with Crippen molar-refractivity contribution in [2.75, 3.05) is 0 Å². The molecule has 1 aromatic rings. The van der Waals surface area contributed by atoms with Crippen molar-refractivity contribution in [3.8, 4) is 0 Å². The lowest BCUT2D eigenvalue weighted by atomic mass is 9.43. The number of carbonyl (C=O) groups is 2. The van der Waals surface area contributed by atoms with Gasteiger partial charge in [0.25, 0.3) is 0 Å². The molecule has 1 saturated heterocycles. The molecular weight excluding hydrogens is 451 g/mol. The summed E-state index contributed by atoms with van der Waals surface area (Å²) >= 11 is 6.15. The Balaban J connectivity index is 1.47. The van der Waals surface area contributed by atoms with Gasteiger partial charge in [-0.2, -0.15) is 0 Å². The van der Waals surface area contributed by atoms with E-state index >= 15 is 0 Å². The van der Waals surface area contributed by atoms with Gasteiger partial charge >= 0.3 is 7.12 Å². The highest BCUT2D eigenvalue weighted by molar-refractivity contribution is 6.47. The van der Waals surface area contributed by atoms with Crippen LogP contribution in [0.15, 0.2) is 24.3 Å². The second-order valence-electron chi connectivity index (χ2n) is 11.7. The molecule has 0 radical (unpaired) electrons. The van der Waals surface area contributed by atoms with Crippen LogP contribution in [0.3, 0.4) is 0 Å². The minimum atomic E-state index is -0.470. The standard InChI is InChI=1S/C26H38BClN2O4/c1-15(2)10-23(27-33-22-13-18-12-21(25(18,4)5)26(22,6)34-27)30-24(32)14-20(29-16(3)31)17-8-7-9-19(28)11-17/h7-9,11,15,18,20-23H,10,12-14H2,1-6H3,(H,29,31)(H,30,32)/t18-,20?,21-,22+,23-,26-/m0/s1. The van der Waals surface area contributed by atoms with E-state index in [9.17, 15) is 9.59 Å². The molecule has 34 heavy (non-hydrogen) atoms. The maximum Gasteiger partial charge on any atom is 0.481 e. The van der Waals surface area contributed by atoms with Gasteiger partial charge in [-0.05, 0) is 67.1 Å². The number of rotatable bonds is 8. The molecule has 1 heterocycles. The van der Waals surface area contributed by atoms with Gasteiger partial charge < -0.3 is 19.9 Å². The van der Waals surface area contributed by atoms with Crippen LogP contribution in [0.2, 0.25) is 5.02 Å². The predicted molar refractivity (Wildman–Crippen MR) is 134 cm³/mol. The Hall–Kier alpha value is -1.57. The molecule has 1 aliphatic heterocycles. The van der Waals surface area contributed by atoms with Crippen LogP contribution < -0.4 is 10.6 Å². The maximum atomic E-state index is 13.2. The summed E-state index contributed by atoms with van der Waals surface area (Å²) in [7, 11) is -0.470. The van der Waals surface area contributed by atoms with Crippen molar-refractivity contribution in [2.45, 2.75) is 90.9 Å². The van der Waals surface area contributed by atoms with Crippen LogP contribution in [0.1, 0.15) is 78.8 Å². The molecule has 5 rings (SSSR count). The lowest BCUT2D eigenvalue weighted by Gasteiger charge is -2.64. The van der Waals surface area contributed by atoms with Crippen LogP contribution in [-0.4, -0.2) is 36.6 Å². The van der Waals surface area contributed by atoms with E-state index in [2.05, 4.69) is 45.3 Å². The Kier molecular flexibility index (Phi) is 7.11. The second kappa shape index (κ2) is 9.48. The van der Waals surface area contributed by atoms with Gasteiger partial charge in [0.2, 0.25) is 11.8 Å². The van der Waals surface area contributed by atoms with Crippen LogP contribution in [-0.2, 0) is 18.9 Å². The van der Waals surface area contributed by atoms with Crippen molar-refractivity contribution in [2.24, 2.45) is 23.2 Å². The number of benzene rings is 1. The van der Waals surface area contributed by atoms with E-state index in [-0.39, 0.29) is 41.3 Å². The number of halogens is 1. The lowest BCUT2D eigenvalue weighted by Crippen LogP contribution is -2.65. The average Bonchev–Trinajstić information content (AvgIpc) is 3.09. The van der Waals surface area contributed by atoms with Gasteiger partial charge in [-0.1, -0.05) is 51.4 Å². The molecular formula is C26H38BClN2O4. The zero-order chi connectivity index (χ0) is 24.8. The molecule has 0 aromatic heterocycles. The molecule has 4 fully saturated rings. The first-order valence-electron chi connectivity index (χ1n) is 12.5. The number of hydrogen-bond donors (Lipinski definition) is 2. The fourth-order valence-electron chi connectivity index (χ4n) is 6.49. The smallest absolute Gasteiger partial charge is 0.404 e. The van der Waals surface area contributed by atoms with E-state index in [1.54, 1.807) is 12.1 Å². The van der Waals surface area contributed by atoms with Gasteiger partial charge in [-0.25, -0.2) is 0 Å². The SMILES string of the molecule is CC(=O)NC(CC(=O)N[C@@H](CC(C)C)B1O[C@@H]2C[C@@H]3C[C@@H](C3(C)C)[C@]2(C)O1)c1cccc(Cl)c1. The second-order valence-corrected chi connectivity index (χ2v) is 12.1. The topological polar surface area (TPSA) is 76.7 Å². The molecule has 6 atom stereocenters. The largest absolute Gasteiger partial charge is 0.481 e. The highest BCUT2D eigenvalue weighted by Gasteiger charge is 2.68. The van der Waals surface area contributed by atoms with E-state index < -0.39 is 13.2 Å². The third-order valence-corrected chi connectivity index (χ3v) is 8.62. The third kappa shape index (κ3) is 4.89. The normalized spacial score (nSPS) is 30.8. The van der Waals surface area contributed by atoms with Gasteiger partial charge in [0.05, 0.1) is 30.1 Å². The molecule has 2 N–H and O–H groups in total. The molecule has 2 amide bonds. The summed E-state index contributed by atoms with van der Waals surface area (Å²) < 4.78 is 13.1. The molecule has 3 aliphatic carbocycles. The van der Waals surface area contributed by atoms with E-state index in [1.165, 1.54) is 13.3 Å². The van der Waals surface area contributed by atoms with E-state index in [0.717, 1.165) is 18.4 Å². The highest BCUT2D eigenvalue weighted by Crippen LogP contribution is 2.65. The van der Waals surface area contributed by atoms with Crippen molar-refractivity contribution >= 4 is 30.5 Å². The first-order chi connectivity index (χ1) is 15.9.